The standard InChI is InChI=1S/C16H25NO/c1-3-17-16-8-7-12(2)9-14(16)10-13-5-4-6-15(18)11-13/h4-6,11-12,14,16-18H,3,7-10H2,1-2H3. The van der Waals surface area contributed by atoms with Crippen LogP contribution in [-0.2, 0) is 6.42 Å². The SMILES string of the molecule is CCNC1CCC(C)CC1Cc1cccc(O)c1. The molecule has 3 unspecified atom stereocenters. The van der Waals surface area contributed by atoms with Gasteiger partial charge in [0.15, 0.2) is 0 Å². The first kappa shape index (κ1) is 13.4. The van der Waals surface area contributed by atoms with Crippen molar-refractivity contribution in [1.82, 2.24) is 5.32 Å². The van der Waals surface area contributed by atoms with Crippen LogP contribution in [0.4, 0.5) is 0 Å². The number of phenolic OH excluding ortho intramolecular Hbond substituents is 1. The third-order valence-corrected chi connectivity index (χ3v) is 4.12. The summed E-state index contributed by atoms with van der Waals surface area (Å²) in [6.45, 7) is 5.59. The second kappa shape index (κ2) is 6.24. The van der Waals surface area contributed by atoms with Crippen LogP contribution in [0.2, 0.25) is 0 Å². The smallest absolute Gasteiger partial charge is 0.115 e. The van der Waals surface area contributed by atoms with Crippen LogP contribution in [0.15, 0.2) is 24.3 Å². The quantitative estimate of drug-likeness (QED) is 0.855. The Morgan fingerprint density at radius 2 is 2.17 bits per heavy atom. The summed E-state index contributed by atoms with van der Waals surface area (Å²) in [6, 6.07) is 8.37. The lowest BCUT2D eigenvalue weighted by atomic mass is 9.76. The molecule has 1 aromatic carbocycles. The highest BCUT2D eigenvalue weighted by atomic mass is 16.3. The molecule has 100 valence electrons. The minimum atomic E-state index is 0.386. The number of hydrogen-bond donors (Lipinski definition) is 2. The van der Waals surface area contributed by atoms with Crippen molar-refractivity contribution in [3.8, 4) is 5.75 Å². The van der Waals surface area contributed by atoms with Crippen molar-refractivity contribution in [3.63, 3.8) is 0 Å². The predicted octanol–water partition coefficient (Wildman–Crippen LogP) is 3.35. The van der Waals surface area contributed by atoms with Crippen LogP contribution in [0.5, 0.6) is 5.75 Å². The molecule has 0 amide bonds. The molecule has 1 aliphatic carbocycles. The molecule has 0 spiro atoms. The highest BCUT2D eigenvalue weighted by molar-refractivity contribution is 5.27. The number of hydrogen-bond acceptors (Lipinski definition) is 2. The number of aromatic hydroxyl groups is 1. The van der Waals surface area contributed by atoms with Gasteiger partial charge in [0.25, 0.3) is 0 Å². The van der Waals surface area contributed by atoms with E-state index in [1.165, 1.54) is 24.8 Å². The van der Waals surface area contributed by atoms with Crippen LogP contribution in [-0.4, -0.2) is 17.7 Å². The van der Waals surface area contributed by atoms with Crippen LogP contribution in [0.1, 0.15) is 38.7 Å². The summed E-state index contributed by atoms with van der Waals surface area (Å²) in [5.74, 6) is 1.93. The minimum Gasteiger partial charge on any atom is -0.508 e. The summed E-state index contributed by atoms with van der Waals surface area (Å²) >= 11 is 0. The molecule has 1 aromatic rings. The number of rotatable bonds is 4. The molecule has 1 saturated carbocycles. The van der Waals surface area contributed by atoms with Gasteiger partial charge in [-0.1, -0.05) is 26.0 Å². The molecule has 18 heavy (non-hydrogen) atoms. The molecule has 2 heteroatoms. The van der Waals surface area contributed by atoms with Gasteiger partial charge in [-0.05, 0) is 61.8 Å². The van der Waals surface area contributed by atoms with Gasteiger partial charge >= 0.3 is 0 Å². The molecule has 0 aliphatic heterocycles. The Morgan fingerprint density at radius 3 is 2.89 bits per heavy atom. The summed E-state index contributed by atoms with van der Waals surface area (Å²) < 4.78 is 0. The number of benzene rings is 1. The Labute approximate surface area is 110 Å². The molecule has 0 heterocycles. The molecule has 2 rings (SSSR count). The van der Waals surface area contributed by atoms with Gasteiger partial charge in [0.05, 0.1) is 0 Å². The molecule has 2 N–H and O–H groups in total. The van der Waals surface area contributed by atoms with Crippen LogP contribution in [0.3, 0.4) is 0 Å². The van der Waals surface area contributed by atoms with E-state index in [0.29, 0.717) is 17.7 Å². The molecule has 1 fully saturated rings. The second-order valence-electron chi connectivity index (χ2n) is 5.72. The van der Waals surface area contributed by atoms with E-state index < -0.39 is 0 Å². The van der Waals surface area contributed by atoms with Crippen molar-refractivity contribution in [2.75, 3.05) is 6.54 Å². The Hall–Kier alpha value is -1.02. The van der Waals surface area contributed by atoms with Gasteiger partial charge in [0.1, 0.15) is 5.75 Å². The third kappa shape index (κ3) is 3.49. The monoisotopic (exact) mass is 247 g/mol. The third-order valence-electron chi connectivity index (χ3n) is 4.12. The van der Waals surface area contributed by atoms with E-state index in [-0.39, 0.29) is 0 Å². The van der Waals surface area contributed by atoms with Crippen molar-refractivity contribution < 1.29 is 5.11 Å². The van der Waals surface area contributed by atoms with Gasteiger partial charge in [-0.3, -0.25) is 0 Å². The second-order valence-corrected chi connectivity index (χ2v) is 5.72. The van der Waals surface area contributed by atoms with E-state index >= 15 is 0 Å². The van der Waals surface area contributed by atoms with Gasteiger partial charge < -0.3 is 10.4 Å². The molecule has 0 bridgehead atoms. The zero-order valence-corrected chi connectivity index (χ0v) is 11.5. The van der Waals surface area contributed by atoms with Gasteiger partial charge in [0.2, 0.25) is 0 Å². The van der Waals surface area contributed by atoms with Crippen LogP contribution in [0, 0.1) is 11.8 Å². The van der Waals surface area contributed by atoms with Crippen LogP contribution >= 0.6 is 0 Å². The first-order chi connectivity index (χ1) is 8.69. The summed E-state index contributed by atoms with van der Waals surface area (Å²) in [5, 5.41) is 13.2. The fraction of sp³-hybridized carbons (Fsp3) is 0.625. The van der Waals surface area contributed by atoms with Gasteiger partial charge in [-0.2, -0.15) is 0 Å². The maximum absolute atomic E-state index is 9.55. The summed E-state index contributed by atoms with van der Waals surface area (Å²) in [6.07, 6.45) is 5.01. The van der Waals surface area contributed by atoms with E-state index in [9.17, 15) is 5.11 Å². The average molecular weight is 247 g/mol. The Morgan fingerprint density at radius 1 is 1.33 bits per heavy atom. The molecule has 1 aliphatic rings. The lowest BCUT2D eigenvalue weighted by molar-refractivity contribution is 0.214. The molecule has 0 aromatic heterocycles. The fourth-order valence-electron chi connectivity index (χ4n) is 3.24. The largest absolute Gasteiger partial charge is 0.508 e. The predicted molar refractivity (Wildman–Crippen MR) is 75.8 cm³/mol. The normalized spacial score (nSPS) is 28.2. The van der Waals surface area contributed by atoms with Gasteiger partial charge in [-0.15, -0.1) is 0 Å². The molecule has 3 atom stereocenters. The van der Waals surface area contributed by atoms with Crippen LogP contribution in [0.25, 0.3) is 0 Å². The summed E-state index contributed by atoms with van der Waals surface area (Å²) in [7, 11) is 0. The zero-order valence-electron chi connectivity index (χ0n) is 11.5. The molecule has 0 radical (unpaired) electrons. The first-order valence-electron chi connectivity index (χ1n) is 7.20. The first-order valence-corrected chi connectivity index (χ1v) is 7.20. The fourth-order valence-corrected chi connectivity index (χ4v) is 3.24. The van der Waals surface area contributed by atoms with Crippen molar-refractivity contribution in [2.24, 2.45) is 11.8 Å². The average Bonchev–Trinajstić information content (AvgIpc) is 2.33. The van der Waals surface area contributed by atoms with Crippen LogP contribution < -0.4 is 5.32 Å². The maximum atomic E-state index is 9.55. The lowest BCUT2D eigenvalue weighted by Gasteiger charge is -2.35. The maximum Gasteiger partial charge on any atom is 0.115 e. The van der Waals surface area contributed by atoms with E-state index in [2.05, 4.69) is 25.2 Å². The van der Waals surface area contributed by atoms with Crippen molar-refractivity contribution in [1.29, 1.82) is 0 Å². The van der Waals surface area contributed by atoms with E-state index in [4.69, 9.17) is 0 Å². The Bertz CT molecular complexity index is 377. The molecular weight excluding hydrogens is 222 g/mol. The molecular formula is C16H25NO. The van der Waals surface area contributed by atoms with Crippen molar-refractivity contribution in [2.45, 2.75) is 45.6 Å². The highest BCUT2D eigenvalue weighted by Gasteiger charge is 2.27. The van der Waals surface area contributed by atoms with E-state index in [1.54, 1.807) is 6.07 Å². The lowest BCUT2D eigenvalue weighted by Crippen LogP contribution is -2.41. The highest BCUT2D eigenvalue weighted by Crippen LogP contribution is 2.31. The molecule has 2 nitrogen and oxygen atoms in total. The van der Waals surface area contributed by atoms with E-state index in [1.807, 2.05) is 12.1 Å². The minimum absolute atomic E-state index is 0.386. The molecule has 0 saturated heterocycles. The summed E-state index contributed by atoms with van der Waals surface area (Å²) in [4.78, 5) is 0. The summed E-state index contributed by atoms with van der Waals surface area (Å²) in [5.41, 5.74) is 1.26. The Balaban J connectivity index is 2.03. The van der Waals surface area contributed by atoms with Gasteiger partial charge in [-0.25, -0.2) is 0 Å². The Kier molecular flexibility index (Phi) is 4.65. The zero-order chi connectivity index (χ0) is 13.0. The number of nitrogens with one attached hydrogen (secondary N) is 1. The van der Waals surface area contributed by atoms with E-state index in [0.717, 1.165) is 18.9 Å². The van der Waals surface area contributed by atoms with Crippen molar-refractivity contribution >= 4 is 0 Å². The van der Waals surface area contributed by atoms with Crippen molar-refractivity contribution in [3.05, 3.63) is 29.8 Å². The topological polar surface area (TPSA) is 32.3 Å². The van der Waals surface area contributed by atoms with Gasteiger partial charge in [0, 0.05) is 6.04 Å². The number of phenols is 1.